The number of aliphatic hydroxyl groups is 1. The molecular formula is C13H12ClFN2O4. The number of nitrogens with one attached hydrogen (secondary N) is 2. The van der Waals surface area contributed by atoms with Crippen LogP contribution >= 0.6 is 11.6 Å². The molecule has 0 saturated carbocycles. The molecule has 1 atom stereocenters. The lowest BCUT2D eigenvalue weighted by molar-refractivity contribution is -0.143. The number of hydrogen-bond acceptors (Lipinski definition) is 4. The lowest BCUT2D eigenvalue weighted by atomic mass is 10.2. The van der Waals surface area contributed by atoms with Crippen molar-refractivity contribution in [1.82, 2.24) is 10.3 Å². The maximum atomic E-state index is 13.2. The van der Waals surface area contributed by atoms with Crippen molar-refractivity contribution in [1.29, 1.82) is 0 Å². The van der Waals surface area contributed by atoms with Crippen molar-refractivity contribution in [2.75, 3.05) is 13.7 Å². The first kappa shape index (κ1) is 15.3. The quantitative estimate of drug-likeness (QED) is 0.740. The van der Waals surface area contributed by atoms with Gasteiger partial charge in [0.1, 0.15) is 11.5 Å². The zero-order valence-electron chi connectivity index (χ0n) is 10.9. The Balaban J connectivity index is 2.31. The molecule has 1 heterocycles. The predicted octanol–water partition coefficient (Wildman–Crippen LogP) is 1.22. The molecule has 3 N–H and O–H groups in total. The van der Waals surface area contributed by atoms with E-state index in [1.165, 1.54) is 18.2 Å². The minimum Gasteiger partial charge on any atom is -0.467 e. The molecule has 2 aromatic rings. The Kier molecular flexibility index (Phi) is 4.44. The number of esters is 1. The number of hydrogen-bond donors (Lipinski definition) is 3. The van der Waals surface area contributed by atoms with E-state index in [0.29, 0.717) is 10.9 Å². The number of aromatic amines is 1. The first-order chi connectivity index (χ1) is 9.97. The molecule has 1 aromatic carbocycles. The molecule has 8 heteroatoms. The average Bonchev–Trinajstić information content (AvgIpc) is 2.80. The fraction of sp³-hybridized carbons (Fsp3) is 0.231. The molecule has 0 saturated heterocycles. The summed E-state index contributed by atoms with van der Waals surface area (Å²) in [6.07, 6.45) is 0. The van der Waals surface area contributed by atoms with E-state index in [2.05, 4.69) is 15.0 Å². The summed E-state index contributed by atoms with van der Waals surface area (Å²) < 4.78 is 17.6. The highest BCUT2D eigenvalue weighted by atomic mass is 35.5. The topological polar surface area (TPSA) is 91.4 Å². The highest BCUT2D eigenvalue weighted by molar-refractivity contribution is 6.38. The van der Waals surface area contributed by atoms with Gasteiger partial charge in [-0.3, -0.25) is 4.79 Å². The van der Waals surface area contributed by atoms with Gasteiger partial charge in [0.25, 0.3) is 5.91 Å². The molecule has 0 aliphatic heterocycles. The van der Waals surface area contributed by atoms with Gasteiger partial charge < -0.3 is 20.1 Å². The number of ether oxygens (including phenoxy) is 1. The lowest BCUT2D eigenvalue weighted by Gasteiger charge is -2.13. The Labute approximate surface area is 123 Å². The number of H-pyrrole nitrogens is 1. The van der Waals surface area contributed by atoms with Gasteiger partial charge in [-0.15, -0.1) is 0 Å². The van der Waals surface area contributed by atoms with E-state index in [0.717, 1.165) is 7.11 Å². The van der Waals surface area contributed by atoms with Gasteiger partial charge in [0.2, 0.25) is 0 Å². The number of fused-ring (bicyclic) bond motifs is 1. The first-order valence-corrected chi connectivity index (χ1v) is 6.32. The van der Waals surface area contributed by atoms with Crippen LogP contribution in [0.2, 0.25) is 5.02 Å². The van der Waals surface area contributed by atoms with E-state index in [1.54, 1.807) is 0 Å². The summed E-state index contributed by atoms with van der Waals surface area (Å²) in [7, 11) is 1.13. The first-order valence-electron chi connectivity index (χ1n) is 5.94. The second-order valence-electron chi connectivity index (χ2n) is 4.24. The van der Waals surface area contributed by atoms with E-state index in [-0.39, 0.29) is 10.7 Å². The minimum atomic E-state index is -1.21. The Morgan fingerprint density at radius 3 is 2.86 bits per heavy atom. The SMILES string of the molecule is COC(=O)[C@@H](CO)NC(=O)c1[nH]c2ccc(F)cc2c1Cl. The van der Waals surface area contributed by atoms with Gasteiger partial charge in [-0.05, 0) is 18.2 Å². The molecule has 0 aliphatic rings. The van der Waals surface area contributed by atoms with Gasteiger partial charge >= 0.3 is 5.97 Å². The Hall–Kier alpha value is -2.12. The molecule has 0 unspecified atom stereocenters. The molecule has 6 nitrogen and oxygen atoms in total. The fourth-order valence-corrected chi connectivity index (χ4v) is 2.13. The zero-order chi connectivity index (χ0) is 15.6. The third kappa shape index (κ3) is 2.98. The van der Waals surface area contributed by atoms with E-state index in [1.807, 2.05) is 0 Å². The van der Waals surface area contributed by atoms with Gasteiger partial charge in [-0.25, -0.2) is 9.18 Å². The van der Waals surface area contributed by atoms with Crippen LogP contribution in [0, 0.1) is 5.82 Å². The summed E-state index contributed by atoms with van der Waals surface area (Å²) in [6, 6.07) is 2.65. The van der Waals surface area contributed by atoms with Crippen molar-refractivity contribution >= 4 is 34.4 Å². The summed E-state index contributed by atoms with van der Waals surface area (Å²) in [5.74, 6) is -1.98. The summed E-state index contributed by atoms with van der Waals surface area (Å²) in [4.78, 5) is 26.1. The van der Waals surface area contributed by atoms with Crippen molar-refractivity contribution in [2.24, 2.45) is 0 Å². The maximum Gasteiger partial charge on any atom is 0.330 e. The van der Waals surface area contributed by atoms with Crippen molar-refractivity contribution in [3.05, 3.63) is 34.7 Å². The van der Waals surface area contributed by atoms with Crippen LogP contribution in [-0.4, -0.2) is 41.7 Å². The van der Waals surface area contributed by atoms with E-state index < -0.39 is 30.3 Å². The monoisotopic (exact) mass is 314 g/mol. The number of aliphatic hydroxyl groups excluding tert-OH is 1. The molecule has 0 bridgehead atoms. The molecule has 0 radical (unpaired) electrons. The molecule has 1 amide bonds. The minimum absolute atomic E-state index is 0.0281. The number of benzene rings is 1. The summed E-state index contributed by atoms with van der Waals surface area (Å²) in [5.41, 5.74) is 0.449. The van der Waals surface area contributed by atoms with Crippen LogP contribution in [0.4, 0.5) is 4.39 Å². The molecule has 0 aliphatic carbocycles. The average molecular weight is 315 g/mol. The Bertz CT molecular complexity index is 701. The smallest absolute Gasteiger partial charge is 0.330 e. The van der Waals surface area contributed by atoms with Crippen LogP contribution in [0.5, 0.6) is 0 Å². The zero-order valence-corrected chi connectivity index (χ0v) is 11.7. The van der Waals surface area contributed by atoms with Crippen LogP contribution in [0.25, 0.3) is 10.9 Å². The largest absolute Gasteiger partial charge is 0.467 e. The Morgan fingerprint density at radius 1 is 1.52 bits per heavy atom. The van der Waals surface area contributed by atoms with Gasteiger partial charge in [-0.1, -0.05) is 11.6 Å². The van der Waals surface area contributed by atoms with Crippen molar-refractivity contribution in [3.63, 3.8) is 0 Å². The molecule has 1 aromatic heterocycles. The predicted molar refractivity (Wildman–Crippen MR) is 73.6 cm³/mol. The third-order valence-electron chi connectivity index (χ3n) is 2.90. The molecule has 2 rings (SSSR count). The number of amides is 1. The summed E-state index contributed by atoms with van der Waals surface area (Å²) in [6.45, 7) is -0.620. The van der Waals surface area contributed by atoms with Gasteiger partial charge in [0.05, 0.1) is 18.7 Å². The number of methoxy groups -OCH3 is 1. The van der Waals surface area contributed by atoms with Crippen LogP contribution in [0.1, 0.15) is 10.5 Å². The second-order valence-corrected chi connectivity index (χ2v) is 4.61. The van der Waals surface area contributed by atoms with Crippen molar-refractivity contribution in [3.8, 4) is 0 Å². The highest BCUT2D eigenvalue weighted by Gasteiger charge is 2.24. The normalized spacial score (nSPS) is 12.2. The van der Waals surface area contributed by atoms with E-state index >= 15 is 0 Å². The van der Waals surface area contributed by atoms with Crippen LogP contribution in [-0.2, 0) is 9.53 Å². The third-order valence-corrected chi connectivity index (χ3v) is 3.29. The standard InChI is InChI=1S/C13H12ClFN2O4/c1-21-13(20)9(5-18)17-12(19)11-10(14)7-4-6(15)2-3-8(7)16-11/h2-4,9,16,18H,5H2,1H3,(H,17,19)/t9-/m1/s1. The maximum absolute atomic E-state index is 13.2. The van der Waals surface area contributed by atoms with Gasteiger partial charge in [0.15, 0.2) is 6.04 Å². The molecule has 112 valence electrons. The molecule has 0 spiro atoms. The van der Waals surface area contributed by atoms with E-state index in [9.17, 15) is 14.0 Å². The van der Waals surface area contributed by atoms with Crippen molar-refractivity contribution < 1.29 is 23.8 Å². The molecular weight excluding hydrogens is 303 g/mol. The summed E-state index contributed by atoms with van der Waals surface area (Å²) >= 11 is 6.03. The van der Waals surface area contributed by atoms with Crippen LogP contribution in [0.15, 0.2) is 18.2 Å². The number of aromatic nitrogens is 1. The van der Waals surface area contributed by atoms with Gasteiger partial charge in [0, 0.05) is 10.9 Å². The number of carbonyl (C=O) groups is 2. The van der Waals surface area contributed by atoms with E-state index in [4.69, 9.17) is 16.7 Å². The fourth-order valence-electron chi connectivity index (χ4n) is 1.84. The lowest BCUT2D eigenvalue weighted by Crippen LogP contribution is -2.44. The number of rotatable bonds is 4. The second kappa shape index (κ2) is 6.11. The highest BCUT2D eigenvalue weighted by Crippen LogP contribution is 2.28. The van der Waals surface area contributed by atoms with Crippen molar-refractivity contribution in [2.45, 2.75) is 6.04 Å². The molecule has 0 fully saturated rings. The van der Waals surface area contributed by atoms with Gasteiger partial charge in [-0.2, -0.15) is 0 Å². The summed E-state index contributed by atoms with van der Waals surface area (Å²) in [5, 5.41) is 11.7. The number of carbonyl (C=O) groups excluding carboxylic acids is 2. The van der Waals surface area contributed by atoms with Crippen LogP contribution in [0.3, 0.4) is 0 Å². The van der Waals surface area contributed by atoms with Crippen LogP contribution < -0.4 is 5.32 Å². The Morgan fingerprint density at radius 2 is 2.24 bits per heavy atom. The number of halogens is 2. The molecule has 21 heavy (non-hydrogen) atoms.